The van der Waals surface area contributed by atoms with Crippen molar-refractivity contribution in [2.24, 2.45) is 5.92 Å². The normalized spacial score (nSPS) is 16.5. The third-order valence-electron chi connectivity index (χ3n) is 4.00. The van der Waals surface area contributed by atoms with E-state index >= 15 is 0 Å². The molecule has 128 valence electrons. The Morgan fingerprint density at radius 3 is 2.70 bits per heavy atom. The highest BCUT2D eigenvalue weighted by Crippen LogP contribution is 2.15. The SMILES string of the molecule is CC(C)CN1CCC(NC(=O)CCOc2ccccc2F)CC1. The maximum atomic E-state index is 13.4. The monoisotopic (exact) mass is 322 g/mol. The van der Waals surface area contributed by atoms with E-state index in [1.165, 1.54) is 6.07 Å². The number of benzene rings is 1. The number of hydrogen-bond acceptors (Lipinski definition) is 3. The molecule has 0 unspecified atom stereocenters. The lowest BCUT2D eigenvalue weighted by Gasteiger charge is -2.33. The lowest BCUT2D eigenvalue weighted by molar-refractivity contribution is -0.122. The molecule has 0 saturated carbocycles. The lowest BCUT2D eigenvalue weighted by Crippen LogP contribution is -2.45. The summed E-state index contributed by atoms with van der Waals surface area (Å²) in [5.74, 6) is 0.452. The van der Waals surface area contributed by atoms with Gasteiger partial charge in [0.25, 0.3) is 0 Å². The van der Waals surface area contributed by atoms with Crippen LogP contribution in [0.2, 0.25) is 0 Å². The molecule has 0 spiro atoms. The number of para-hydroxylation sites is 1. The molecule has 1 aromatic rings. The molecule has 1 aliphatic rings. The fraction of sp³-hybridized carbons (Fsp3) is 0.611. The Kier molecular flexibility index (Phi) is 6.84. The number of piperidine rings is 1. The van der Waals surface area contributed by atoms with E-state index in [9.17, 15) is 9.18 Å². The number of nitrogens with one attached hydrogen (secondary N) is 1. The second-order valence-corrected chi connectivity index (χ2v) is 6.57. The highest BCUT2D eigenvalue weighted by Gasteiger charge is 2.20. The molecule has 0 bridgehead atoms. The molecular weight excluding hydrogens is 295 g/mol. The van der Waals surface area contributed by atoms with Gasteiger partial charge in [-0.15, -0.1) is 0 Å². The fourth-order valence-electron chi connectivity index (χ4n) is 2.89. The van der Waals surface area contributed by atoms with Gasteiger partial charge in [-0.1, -0.05) is 26.0 Å². The molecule has 1 fully saturated rings. The number of amides is 1. The maximum absolute atomic E-state index is 13.4. The molecule has 4 nitrogen and oxygen atoms in total. The number of carbonyl (C=O) groups excluding carboxylic acids is 1. The molecule has 1 aliphatic heterocycles. The maximum Gasteiger partial charge on any atom is 0.223 e. The molecule has 5 heteroatoms. The Bertz CT molecular complexity index is 500. The average Bonchev–Trinajstić information content (AvgIpc) is 2.51. The van der Waals surface area contributed by atoms with Gasteiger partial charge in [0.15, 0.2) is 11.6 Å². The summed E-state index contributed by atoms with van der Waals surface area (Å²) in [6, 6.07) is 6.49. The number of hydrogen-bond donors (Lipinski definition) is 1. The van der Waals surface area contributed by atoms with E-state index in [4.69, 9.17) is 4.74 Å². The Morgan fingerprint density at radius 1 is 1.35 bits per heavy atom. The summed E-state index contributed by atoms with van der Waals surface area (Å²) in [6.45, 7) is 7.84. The van der Waals surface area contributed by atoms with Gasteiger partial charge >= 0.3 is 0 Å². The van der Waals surface area contributed by atoms with Gasteiger partial charge in [-0.3, -0.25) is 4.79 Å². The van der Waals surface area contributed by atoms with Crippen molar-refractivity contribution in [3.8, 4) is 5.75 Å². The van der Waals surface area contributed by atoms with Gasteiger partial charge in [0.1, 0.15) is 0 Å². The second-order valence-electron chi connectivity index (χ2n) is 6.57. The van der Waals surface area contributed by atoms with Gasteiger partial charge in [-0.2, -0.15) is 0 Å². The van der Waals surface area contributed by atoms with Gasteiger partial charge in [-0.25, -0.2) is 4.39 Å². The quantitative estimate of drug-likeness (QED) is 0.839. The average molecular weight is 322 g/mol. The van der Waals surface area contributed by atoms with Crippen molar-refractivity contribution < 1.29 is 13.9 Å². The van der Waals surface area contributed by atoms with Crippen LogP contribution in [0.5, 0.6) is 5.75 Å². The second kappa shape index (κ2) is 8.87. The minimum atomic E-state index is -0.398. The van der Waals surface area contributed by atoms with Crippen molar-refractivity contribution in [2.45, 2.75) is 39.2 Å². The molecule has 0 aromatic heterocycles. The first-order chi connectivity index (χ1) is 11.0. The summed E-state index contributed by atoms with van der Waals surface area (Å²) in [5.41, 5.74) is 0. The van der Waals surface area contributed by atoms with E-state index in [0.29, 0.717) is 5.92 Å². The summed E-state index contributed by atoms with van der Waals surface area (Å²) in [5, 5.41) is 3.05. The van der Waals surface area contributed by atoms with Crippen LogP contribution in [0.15, 0.2) is 24.3 Å². The Balaban J connectivity index is 1.63. The van der Waals surface area contributed by atoms with Crippen molar-refractivity contribution in [1.82, 2.24) is 10.2 Å². The van der Waals surface area contributed by atoms with Crippen LogP contribution in [-0.4, -0.2) is 43.1 Å². The topological polar surface area (TPSA) is 41.6 Å². The summed E-state index contributed by atoms with van der Waals surface area (Å²) in [7, 11) is 0. The van der Waals surface area contributed by atoms with E-state index in [1.807, 2.05) is 0 Å². The molecule has 1 heterocycles. The fourth-order valence-corrected chi connectivity index (χ4v) is 2.89. The van der Waals surface area contributed by atoms with E-state index in [1.54, 1.807) is 18.2 Å². The van der Waals surface area contributed by atoms with Gasteiger partial charge in [0.05, 0.1) is 13.0 Å². The third kappa shape index (κ3) is 6.18. The number of nitrogens with zero attached hydrogens (tertiary/aromatic N) is 1. The van der Waals surface area contributed by atoms with Crippen molar-refractivity contribution in [3.63, 3.8) is 0 Å². The van der Waals surface area contributed by atoms with E-state index in [2.05, 4.69) is 24.1 Å². The number of ether oxygens (including phenoxy) is 1. The Morgan fingerprint density at radius 2 is 2.04 bits per heavy atom. The van der Waals surface area contributed by atoms with Gasteiger partial charge in [0, 0.05) is 25.7 Å². The molecule has 0 aliphatic carbocycles. The first-order valence-corrected chi connectivity index (χ1v) is 8.43. The van der Waals surface area contributed by atoms with Crippen LogP contribution in [0.1, 0.15) is 33.1 Å². The predicted octanol–water partition coefficient (Wildman–Crippen LogP) is 2.83. The minimum absolute atomic E-state index is 0.0244. The molecule has 1 aromatic carbocycles. The standard InChI is InChI=1S/C18H27FN2O2/c1-14(2)13-21-10-7-15(8-11-21)20-18(22)9-12-23-17-6-4-3-5-16(17)19/h3-6,14-15H,7-13H2,1-2H3,(H,20,22). The van der Waals surface area contributed by atoms with Crippen molar-refractivity contribution in [3.05, 3.63) is 30.1 Å². The molecule has 1 saturated heterocycles. The zero-order chi connectivity index (χ0) is 16.7. The van der Waals surface area contributed by atoms with Crippen molar-refractivity contribution in [2.75, 3.05) is 26.2 Å². The molecule has 1 N–H and O–H groups in total. The van der Waals surface area contributed by atoms with E-state index in [0.717, 1.165) is 32.5 Å². The predicted molar refractivity (Wildman–Crippen MR) is 89.0 cm³/mol. The minimum Gasteiger partial charge on any atom is -0.490 e. The van der Waals surface area contributed by atoms with Crippen LogP contribution < -0.4 is 10.1 Å². The zero-order valence-electron chi connectivity index (χ0n) is 14.1. The first-order valence-electron chi connectivity index (χ1n) is 8.43. The first kappa shape index (κ1) is 17.7. The van der Waals surface area contributed by atoms with Gasteiger partial charge < -0.3 is 15.0 Å². The van der Waals surface area contributed by atoms with Crippen molar-refractivity contribution in [1.29, 1.82) is 0 Å². The zero-order valence-corrected chi connectivity index (χ0v) is 14.1. The Hall–Kier alpha value is -1.62. The largest absolute Gasteiger partial charge is 0.490 e. The molecule has 23 heavy (non-hydrogen) atoms. The number of carbonyl (C=O) groups is 1. The molecule has 0 atom stereocenters. The molecule has 0 radical (unpaired) electrons. The number of likely N-dealkylation sites (tertiary alicyclic amines) is 1. The van der Waals surface area contributed by atoms with E-state index < -0.39 is 5.82 Å². The van der Waals surface area contributed by atoms with Crippen molar-refractivity contribution >= 4 is 5.91 Å². The summed E-state index contributed by atoms with van der Waals surface area (Å²) in [6.07, 6.45) is 2.24. The highest BCUT2D eigenvalue weighted by molar-refractivity contribution is 5.76. The van der Waals surface area contributed by atoms with Gasteiger partial charge in [-0.05, 0) is 30.9 Å². The van der Waals surface area contributed by atoms with Crippen LogP contribution in [0.3, 0.4) is 0 Å². The molecule has 2 rings (SSSR count). The van der Waals surface area contributed by atoms with Gasteiger partial charge in [0.2, 0.25) is 5.91 Å². The van der Waals surface area contributed by atoms with Crippen LogP contribution in [0.25, 0.3) is 0 Å². The summed E-state index contributed by atoms with van der Waals surface area (Å²) >= 11 is 0. The third-order valence-corrected chi connectivity index (χ3v) is 4.00. The molecule has 1 amide bonds. The number of rotatable bonds is 7. The Labute approximate surface area is 138 Å². The van der Waals surface area contributed by atoms with Crippen LogP contribution in [-0.2, 0) is 4.79 Å². The van der Waals surface area contributed by atoms with Crippen LogP contribution in [0, 0.1) is 11.7 Å². The van der Waals surface area contributed by atoms with Crippen LogP contribution >= 0.6 is 0 Å². The smallest absolute Gasteiger partial charge is 0.223 e. The van der Waals surface area contributed by atoms with Crippen LogP contribution in [0.4, 0.5) is 4.39 Å². The lowest BCUT2D eigenvalue weighted by atomic mass is 10.0. The number of halogens is 1. The van der Waals surface area contributed by atoms with E-state index in [-0.39, 0.29) is 30.7 Å². The highest BCUT2D eigenvalue weighted by atomic mass is 19.1. The summed E-state index contributed by atoms with van der Waals surface area (Å²) in [4.78, 5) is 14.4. The summed E-state index contributed by atoms with van der Waals surface area (Å²) < 4.78 is 18.7. The molecular formula is C18H27FN2O2.